The Morgan fingerprint density at radius 2 is 1.78 bits per heavy atom. The second-order valence-corrected chi connectivity index (χ2v) is 8.15. The largest absolute Gasteiger partial charge is 0.439 e. The van der Waals surface area contributed by atoms with Gasteiger partial charge in [0.1, 0.15) is 17.1 Å². The number of carbonyl (C=O) groups excluding carboxylic acids is 1. The first-order chi connectivity index (χ1) is 17.8. The number of nitrogens with zero attached hydrogens (tertiary/aromatic N) is 5. The highest BCUT2D eigenvalue weighted by Gasteiger charge is 2.18. The maximum absolute atomic E-state index is 13.4. The fourth-order valence-corrected chi connectivity index (χ4v) is 3.80. The summed E-state index contributed by atoms with van der Waals surface area (Å²) in [6.45, 7) is 3.79. The van der Waals surface area contributed by atoms with Crippen molar-refractivity contribution in [2.75, 3.05) is 5.32 Å². The second kappa shape index (κ2) is 9.53. The molecule has 0 unspecified atom stereocenters. The third kappa shape index (κ3) is 4.61. The minimum atomic E-state index is -0.810. The van der Waals surface area contributed by atoms with Gasteiger partial charge in [0.05, 0.1) is 11.9 Å². The number of ether oxygens (including phenoxy) is 1. The minimum Gasteiger partial charge on any atom is -0.439 e. The summed E-state index contributed by atoms with van der Waals surface area (Å²) in [4.78, 5) is 43.3. The SMILES string of the molecule is CCn1cc(C(=O)Nc2ccc(Oc3cc(C)nc4ccnn34)cc2)c(=O)n(-c2ccc(F)cc2)c1=O. The van der Waals surface area contributed by atoms with Crippen molar-refractivity contribution in [3.8, 4) is 17.3 Å². The van der Waals surface area contributed by atoms with Crippen molar-refractivity contribution in [2.45, 2.75) is 20.4 Å². The van der Waals surface area contributed by atoms with E-state index in [4.69, 9.17) is 4.74 Å². The lowest BCUT2D eigenvalue weighted by molar-refractivity contribution is 0.102. The summed E-state index contributed by atoms with van der Waals surface area (Å²) in [5.41, 5.74) is 0.316. The predicted molar refractivity (Wildman–Crippen MR) is 134 cm³/mol. The summed E-state index contributed by atoms with van der Waals surface area (Å²) < 4.78 is 23.0. The molecule has 0 atom stereocenters. The van der Waals surface area contributed by atoms with Crippen LogP contribution in [0.1, 0.15) is 23.0 Å². The zero-order valence-corrected chi connectivity index (χ0v) is 19.9. The van der Waals surface area contributed by atoms with E-state index >= 15 is 0 Å². The first-order valence-corrected chi connectivity index (χ1v) is 11.4. The Balaban J connectivity index is 1.41. The molecule has 37 heavy (non-hydrogen) atoms. The lowest BCUT2D eigenvalue weighted by Crippen LogP contribution is -2.42. The molecule has 0 fully saturated rings. The summed E-state index contributed by atoms with van der Waals surface area (Å²) in [6.07, 6.45) is 2.84. The van der Waals surface area contributed by atoms with Crippen molar-refractivity contribution in [3.05, 3.63) is 111 Å². The van der Waals surface area contributed by atoms with Crippen LogP contribution in [0.2, 0.25) is 0 Å². The van der Waals surface area contributed by atoms with Gasteiger partial charge in [-0.15, -0.1) is 0 Å². The van der Waals surface area contributed by atoms with E-state index in [9.17, 15) is 18.8 Å². The number of benzene rings is 2. The summed E-state index contributed by atoms with van der Waals surface area (Å²) in [5, 5.41) is 6.88. The number of nitrogens with one attached hydrogen (secondary N) is 1. The highest BCUT2D eigenvalue weighted by molar-refractivity contribution is 6.03. The maximum Gasteiger partial charge on any atom is 0.335 e. The van der Waals surface area contributed by atoms with E-state index in [1.54, 1.807) is 54.0 Å². The van der Waals surface area contributed by atoms with Crippen molar-refractivity contribution >= 4 is 17.2 Å². The van der Waals surface area contributed by atoms with Crippen LogP contribution < -0.4 is 21.3 Å². The molecule has 0 aliphatic rings. The average molecular weight is 500 g/mol. The molecule has 0 saturated carbocycles. The van der Waals surface area contributed by atoms with Crippen LogP contribution in [0.4, 0.5) is 10.1 Å². The Labute approximate surface area is 209 Å². The second-order valence-electron chi connectivity index (χ2n) is 8.15. The number of hydrogen-bond acceptors (Lipinski definition) is 6. The molecule has 186 valence electrons. The molecule has 0 aliphatic carbocycles. The van der Waals surface area contributed by atoms with E-state index in [-0.39, 0.29) is 17.8 Å². The van der Waals surface area contributed by atoms with Gasteiger partial charge in [-0.25, -0.2) is 18.7 Å². The first kappa shape index (κ1) is 23.7. The average Bonchev–Trinajstić information content (AvgIpc) is 3.35. The molecule has 0 radical (unpaired) electrons. The summed E-state index contributed by atoms with van der Waals surface area (Å²) in [6, 6.07) is 15.0. The van der Waals surface area contributed by atoms with Gasteiger partial charge in [-0.3, -0.25) is 14.2 Å². The fourth-order valence-electron chi connectivity index (χ4n) is 3.80. The molecule has 3 aromatic heterocycles. The molecule has 3 heterocycles. The van der Waals surface area contributed by atoms with Gasteiger partial charge in [0.25, 0.3) is 11.5 Å². The van der Waals surface area contributed by atoms with Gasteiger partial charge in [0, 0.05) is 36.3 Å². The predicted octanol–water partition coefficient (Wildman–Crippen LogP) is 3.55. The molecule has 1 N–H and O–H groups in total. The third-order valence-corrected chi connectivity index (χ3v) is 5.61. The minimum absolute atomic E-state index is 0.160. The number of halogens is 1. The normalized spacial score (nSPS) is 11.0. The van der Waals surface area contributed by atoms with Crippen molar-refractivity contribution in [1.82, 2.24) is 23.7 Å². The van der Waals surface area contributed by atoms with Gasteiger partial charge in [0.2, 0.25) is 5.88 Å². The van der Waals surface area contributed by atoms with Crippen LogP contribution in [0.3, 0.4) is 0 Å². The molecular formula is C26H21FN6O4. The molecule has 11 heteroatoms. The molecule has 0 spiro atoms. The van der Waals surface area contributed by atoms with Crippen molar-refractivity contribution in [1.29, 1.82) is 0 Å². The summed E-state index contributed by atoms with van der Waals surface area (Å²) in [7, 11) is 0. The Kier molecular flexibility index (Phi) is 6.10. The van der Waals surface area contributed by atoms with E-state index in [0.717, 1.165) is 22.4 Å². The van der Waals surface area contributed by atoms with Crippen LogP contribution in [0.15, 0.2) is 82.6 Å². The van der Waals surface area contributed by atoms with Gasteiger partial charge < -0.3 is 10.1 Å². The van der Waals surface area contributed by atoms with Crippen LogP contribution in [-0.4, -0.2) is 29.6 Å². The molecule has 0 saturated heterocycles. The number of anilines is 1. The number of aromatic nitrogens is 5. The van der Waals surface area contributed by atoms with Crippen LogP contribution >= 0.6 is 0 Å². The molecule has 2 aromatic carbocycles. The smallest absolute Gasteiger partial charge is 0.335 e. The van der Waals surface area contributed by atoms with Crippen LogP contribution in [0, 0.1) is 12.7 Å². The van der Waals surface area contributed by atoms with Gasteiger partial charge in [-0.2, -0.15) is 9.61 Å². The third-order valence-electron chi connectivity index (χ3n) is 5.61. The lowest BCUT2D eigenvalue weighted by Gasteiger charge is -2.13. The molecule has 5 aromatic rings. The van der Waals surface area contributed by atoms with E-state index in [2.05, 4.69) is 15.4 Å². The van der Waals surface area contributed by atoms with E-state index < -0.39 is 23.0 Å². The maximum atomic E-state index is 13.4. The van der Waals surface area contributed by atoms with Crippen molar-refractivity contribution in [3.63, 3.8) is 0 Å². The van der Waals surface area contributed by atoms with Crippen LogP contribution in [-0.2, 0) is 6.54 Å². The number of carbonyl (C=O) groups is 1. The number of aryl methyl sites for hydroxylation is 2. The number of amides is 1. The summed E-state index contributed by atoms with van der Waals surface area (Å²) >= 11 is 0. The lowest BCUT2D eigenvalue weighted by atomic mass is 10.2. The quantitative estimate of drug-likeness (QED) is 0.382. The molecule has 1 amide bonds. The zero-order valence-electron chi connectivity index (χ0n) is 19.9. The Bertz CT molecular complexity index is 1740. The fraction of sp³-hybridized carbons (Fsp3) is 0.115. The topological polar surface area (TPSA) is 113 Å². The van der Waals surface area contributed by atoms with E-state index in [0.29, 0.717) is 23.0 Å². The molecule has 0 bridgehead atoms. The monoisotopic (exact) mass is 500 g/mol. The van der Waals surface area contributed by atoms with Gasteiger partial charge in [-0.1, -0.05) is 0 Å². The standard InChI is InChI=1S/C26H21FN6O4/c1-3-31-15-21(25(35)32(26(31)36)19-8-4-17(27)5-9-19)24(34)30-18-6-10-20(11-7-18)37-23-14-16(2)29-22-12-13-28-33(22)23/h4-15H,3H2,1-2H3,(H,30,34). The molecular weight excluding hydrogens is 479 g/mol. The number of hydrogen-bond donors (Lipinski definition) is 1. The molecule has 10 nitrogen and oxygen atoms in total. The Hall–Kier alpha value is -5.06. The van der Waals surface area contributed by atoms with Gasteiger partial charge in [-0.05, 0) is 62.4 Å². The highest BCUT2D eigenvalue weighted by Crippen LogP contribution is 2.24. The Morgan fingerprint density at radius 3 is 2.49 bits per heavy atom. The molecule has 5 rings (SSSR count). The van der Waals surface area contributed by atoms with Gasteiger partial charge >= 0.3 is 5.69 Å². The summed E-state index contributed by atoms with van der Waals surface area (Å²) in [5.74, 6) is -0.229. The van der Waals surface area contributed by atoms with Gasteiger partial charge in [0.15, 0.2) is 5.65 Å². The zero-order chi connectivity index (χ0) is 26.1. The van der Waals surface area contributed by atoms with Crippen LogP contribution in [0.5, 0.6) is 11.6 Å². The molecule has 0 aliphatic heterocycles. The van der Waals surface area contributed by atoms with Crippen LogP contribution in [0.25, 0.3) is 11.3 Å². The van der Waals surface area contributed by atoms with Crippen molar-refractivity contribution < 1.29 is 13.9 Å². The highest BCUT2D eigenvalue weighted by atomic mass is 19.1. The van der Waals surface area contributed by atoms with E-state index in [1.165, 1.54) is 22.9 Å². The Morgan fingerprint density at radius 1 is 1.05 bits per heavy atom. The van der Waals surface area contributed by atoms with Crippen molar-refractivity contribution in [2.24, 2.45) is 0 Å². The number of rotatable bonds is 6. The first-order valence-electron chi connectivity index (χ1n) is 11.4. The number of fused-ring (bicyclic) bond motifs is 1. The van der Waals surface area contributed by atoms with E-state index in [1.807, 2.05) is 6.92 Å².